The van der Waals surface area contributed by atoms with Crippen molar-refractivity contribution in [3.05, 3.63) is 33.4 Å². The minimum atomic E-state index is -0.282. The van der Waals surface area contributed by atoms with Gasteiger partial charge in [-0.3, -0.25) is 14.4 Å². The summed E-state index contributed by atoms with van der Waals surface area (Å²) in [7, 11) is 0. The number of nitrogens with zero attached hydrogens (tertiary/aromatic N) is 5. The number of morpholine rings is 1. The van der Waals surface area contributed by atoms with Crippen LogP contribution in [0.2, 0.25) is 0 Å². The Morgan fingerprint density at radius 2 is 1.87 bits per heavy atom. The molecule has 31 heavy (non-hydrogen) atoms. The number of fused-ring (bicyclic) bond motifs is 2. The van der Waals surface area contributed by atoms with Gasteiger partial charge in [-0.15, -0.1) is 0 Å². The van der Waals surface area contributed by atoms with Gasteiger partial charge < -0.3 is 19.1 Å². The molecule has 9 nitrogen and oxygen atoms in total. The van der Waals surface area contributed by atoms with Gasteiger partial charge in [0.25, 0.3) is 11.5 Å². The van der Waals surface area contributed by atoms with E-state index in [0.717, 1.165) is 5.69 Å². The molecule has 2 aromatic rings. The molecule has 0 atom stereocenters. The van der Waals surface area contributed by atoms with E-state index in [1.165, 1.54) is 4.52 Å². The van der Waals surface area contributed by atoms with Crippen LogP contribution in [-0.4, -0.2) is 68.6 Å². The van der Waals surface area contributed by atoms with Crippen molar-refractivity contribution in [2.24, 2.45) is 5.92 Å². The summed E-state index contributed by atoms with van der Waals surface area (Å²) in [5, 5.41) is 4.56. The lowest BCUT2D eigenvalue weighted by Gasteiger charge is -2.27. The Balaban J connectivity index is 1.85. The van der Waals surface area contributed by atoms with Crippen molar-refractivity contribution in [1.29, 1.82) is 0 Å². The third-order valence-corrected chi connectivity index (χ3v) is 5.82. The summed E-state index contributed by atoms with van der Waals surface area (Å²) < 4.78 is 8.41. The van der Waals surface area contributed by atoms with Crippen LogP contribution >= 0.6 is 0 Å². The van der Waals surface area contributed by atoms with Crippen LogP contribution in [0.15, 0.2) is 10.9 Å². The lowest BCUT2D eigenvalue weighted by molar-refractivity contribution is -0.135. The summed E-state index contributed by atoms with van der Waals surface area (Å²) in [4.78, 5) is 43.1. The Kier molecular flexibility index (Phi) is 5.41. The number of carbonyl (C=O) groups excluding carboxylic acids is 2. The predicted octanol–water partition coefficient (Wildman–Crippen LogP) is 1.26. The van der Waals surface area contributed by atoms with E-state index in [2.05, 4.69) is 5.10 Å². The smallest absolute Gasteiger partial charge is 0.280 e. The molecule has 0 unspecified atom stereocenters. The molecule has 1 fully saturated rings. The number of rotatable bonds is 4. The molecule has 2 aliphatic heterocycles. The van der Waals surface area contributed by atoms with Gasteiger partial charge in [0.2, 0.25) is 5.91 Å². The van der Waals surface area contributed by atoms with E-state index in [0.29, 0.717) is 49.8 Å². The Bertz CT molecular complexity index is 1090. The lowest BCUT2D eigenvalue weighted by atomic mass is 9.93. The van der Waals surface area contributed by atoms with E-state index >= 15 is 0 Å². The Labute approximate surface area is 181 Å². The largest absolute Gasteiger partial charge is 0.378 e. The highest BCUT2D eigenvalue weighted by Gasteiger charge is 2.36. The van der Waals surface area contributed by atoms with Crippen molar-refractivity contribution in [3.8, 4) is 0 Å². The Morgan fingerprint density at radius 3 is 2.48 bits per heavy atom. The maximum absolute atomic E-state index is 13.3. The molecular weight excluding hydrogens is 398 g/mol. The molecule has 168 valence electrons. The third kappa shape index (κ3) is 3.86. The first kappa shape index (κ1) is 21.5. The molecule has 0 aromatic carbocycles. The van der Waals surface area contributed by atoms with Gasteiger partial charge in [0.1, 0.15) is 17.9 Å². The SMILES string of the molecule is CC(C)CN1Cc2c(n(CC(=O)N3CCOCC3)c3cc(C(C)(C)C)nn3c2=O)C1=O. The van der Waals surface area contributed by atoms with E-state index in [-0.39, 0.29) is 41.8 Å². The second-order valence-corrected chi connectivity index (χ2v) is 9.84. The fourth-order valence-corrected chi connectivity index (χ4v) is 4.18. The van der Waals surface area contributed by atoms with Crippen LogP contribution in [0, 0.1) is 5.92 Å². The maximum Gasteiger partial charge on any atom is 0.280 e. The van der Waals surface area contributed by atoms with E-state index in [4.69, 9.17) is 4.74 Å². The number of carbonyl (C=O) groups is 2. The zero-order valence-electron chi connectivity index (χ0n) is 19.0. The number of hydrogen-bond acceptors (Lipinski definition) is 5. The summed E-state index contributed by atoms with van der Waals surface area (Å²) in [6.45, 7) is 13.0. The van der Waals surface area contributed by atoms with Crippen molar-refractivity contribution in [2.75, 3.05) is 32.8 Å². The summed E-state index contributed by atoms with van der Waals surface area (Å²) in [6.07, 6.45) is 0. The Morgan fingerprint density at radius 1 is 1.19 bits per heavy atom. The predicted molar refractivity (Wildman–Crippen MR) is 115 cm³/mol. The second kappa shape index (κ2) is 7.78. The molecule has 0 N–H and O–H groups in total. The molecule has 0 bridgehead atoms. The maximum atomic E-state index is 13.3. The van der Waals surface area contributed by atoms with Crippen LogP contribution in [0.5, 0.6) is 0 Å². The van der Waals surface area contributed by atoms with Gasteiger partial charge in [0.05, 0.1) is 31.0 Å². The van der Waals surface area contributed by atoms with Crippen molar-refractivity contribution in [3.63, 3.8) is 0 Å². The minimum absolute atomic E-state index is 0.0113. The van der Waals surface area contributed by atoms with Gasteiger partial charge in [-0.05, 0) is 5.92 Å². The molecule has 2 aromatic heterocycles. The van der Waals surface area contributed by atoms with E-state index in [1.807, 2.05) is 40.7 Å². The van der Waals surface area contributed by atoms with Crippen molar-refractivity contribution in [1.82, 2.24) is 24.0 Å². The van der Waals surface area contributed by atoms with Crippen LogP contribution in [0.4, 0.5) is 0 Å². The summed E-state index contributed by atoms with van der Waals surface area (Å²) in [5.41, 5.74) is 1.40. The third-order valence-electron chi connectivity index (χ3n) is 5.82. The standard InChI is InChI=1S/C22H31N5O4/c1-14(2)11-25-12-15-19(21(25)30)26(13-18(28)24-6-8-31-9-7-24)17-10-16(22(3,4)5)23-27(17)20(15)29/h10,14H,6-9,11-13H2,1-5H3. The molecule has 2 amide bonds. The average molecular weight is 430 g/mol. The fourth-order valence-electron chi connectivity index (χ4n) is 4.18. The number of hydrogen-bond donors (Lipinski definition) is 0. The average Bonchev–Trinajstić information content (AvgIpc) is 3.29. The molecular formula is C22H31N5O4. The molecule has 0 spiro atoms. The van der Waals surface area contributed by atoms with Gasteiger partial charge in [-0.1, -0.05) is 34.6 Å². The van der Waals surface area contributed by atoms with Crippen LogP contribution < -0.4 is 5.56 Å². The van der Waals surface area contributed by atoms with Crippen molar-refractivity contribution < 1.29 is 14.3 Å². The summed E-state index contributed by atoms with van der Waals surface area (Å²) in [5.74, 6) is -0.0189. The second-order valence-electron chi connectivity index (χ2n) is 9.84. The summed E-state index contributed by atoms with van der Waals surface area (Å²) >= 11 is 0. The van der Waals surface area contributed by atoms with Crippen LogP contribution in [0.25, 0.3) is 5.65 Å². The Hall–Kier alpha value is -2.68. The summed E-state index contributed by atoms with van der Waals surface area (Å²) in [6, 6.07) is 1.83. The van der Waals surface area contributed by atoms with E-state index in [1.54, 1.807) is 14.4 Å². The van der Waals surface area contributed by atoms with Crippen LogP contribution in [0.1, 0.15) is 56.4 Å². The van der Waals surface area contributed by atoms with Crippen LogP contribution in [0.3, 0.4) is 0 Å². The molecule has 2 aliphatic rings. The highest BCUT2D eigenvalue weighted by atomic mass is 16.5. The van der Waals surface area contributed by atoms with Crippen molar-refractivity contribution in [2.45, 2.75) is 53.1 Å². The highest BCUT2D eigenvalue weighted by Crippen LogP contribution is 2.26. The fraction of sp³-hybridized carbons (Fsp3) is 0.636. The zero-order chi connectivity index (χ0) is 22.5. The molecule has 4 rings (SSSR count). The zero-order valence-corrected chi connectivity index (χ0v) is 19.0. The van der Waals surface area contributed by atoms with Gasteiger partial charge in [0, 0.05) is 31.1 Å². The quantitative estimate of drug-likeness (QED) is 0.730. The molecule has 4 heterocycles. The number of amides is 2. The first-order chi connectivity index (χ1) is 14.6. The molecule has 0 radical (unpaired) electrons. The molecule has 0 aliphatic carbocycles. The van der Waals surface area contributed by atoms with Gasteiger partial charge in [0.15, 0.2) is 0 Å². The molecule has 0 saturated carbocycles. The van der Waals surface area contributed by atoms with E-state index in [9.17, 15) is 14.4 Å². The van der Waals surface area contributed by atoms with Crippen LogP contribution in [-0.2, 0) is 28.0 Å². The highest BCUT2D eigenvalue weighted by molar-refractivity contribution is 5.97. The lowest BCUT2D eigenvalue weighted by Crippen LogP contribution is -2.43. The minimum Gasteiger partial charge on any atom is -0.378 e. The monoisotopic (exact) mass is 429 g/mol. The van der Waals surface area contributed by atoms with Gasteiger partial charge in [-0.25, -0.2) is 0 Å². The van der Waals surface area contributed by atoms with Crippen molar-refractivity contribution >= 4 is 17.5 Å². The first-order valence-electron chi connectivity index (χ1n) is 10.9. The van der Waals surface area contributed by atoms with E-state index < -0.39 is 0 Å². The normalized spacial score (nSPS) is 17.2. The first-order valence-corrected chi connectivity index (χ1v) is 10.9. The number of aromatic nitrogens is 3. The molecule has 9 heteroatoms. The molecule has 1 saturated heterocycles. The van der Waals surface area contributed by atoms with Gasteiger partial charge >= 0.3 is 0 Å². The number of ether oxygens (including phenoxy) is 1. The topological polar surface area (TPSA) is 89.2 Å². The van der Waals surface area contributed by atoms with Gasteiger partial charge in [-0.2, -0.15) is 9.61 Å².